The first kappa shape index (κ1) is 24.6. The third kappa shape index (κ3) is 4.78. The van der Waals surface area contributed by atoms with Gasteiger partial charge in [-0.2, -0.15) is 5.10 Å². The van der Waals surface area contributed by atoms with Gasteiger partial charge in [0.15, 0.2) is 0 Å². The van der Waals surface area contributed by atoms with Crippen LogP contribution in [0.5, 0.6) is 0 Å². The molecule has 9 nitrogen and oxygen atoms in total. The maximum atomic E-state index is 13.5. The van der Waals surface area contributed by atoms with E-state index in [0.29, 0.717) is 11.5 Å². The molecule has 1 saturated heterocycles. The molecule has 6 rings (SSSR count). The Hall–Kier alpha value is -3.72. The molecule has 0 atom stereocenters. The summed E-state index contributed by atoms with van der Waals surface area (Å²) in [5, 5.41) is 7.63. The SMILES string of the molecule is Cc1cc2cc(n1)-c1cnn(C)c1CCCCCCn1c(nc3ccc(N4CCN(C)CC4)cc31)NC2=O. The highest BCUT2D eigenvalue weighted by Crippen LogP contribution is 2.29. The van der Waals surface area contributed by atoms with Gasteiger partial charge in [0.25, 0.3) is 5.91 Å². The smallest absolute Gasteiger partial charge is 0.258 e. The van der Waals surface area contributed by atoms with Gasteiger partial charge in [0.1, 0.15) is 0 Å². The summed E-state index contributed by atoms with van der Waals surface area (Å²) in [5.74, 6) is 0.432. The molecule has 4 aromatic rings. The van der Waals surface area contributed by atoms with Gasteiger partial charge in [-0.05, 0) is 63.6 Å². The summed E-state index contributed by atoms with van der Waals surface area (Å²) in [6.07, 6.45) is 7.18. The third-order valence-electron chi connectivity index (χ3n) is 7.92. The first-order chi connectivity index (χ1) is 18.5. The number of rotatable bonds is 1. The van der Waals surface area contributed by atoms with Gasteiger partial charge < -0.3 is 14.4 Å². The van der Waals surface area contributed by atoms with Crippen LogP contribution in [0.4, 0.5) is 11.6 Å². The molecular weight excluding hydrogens is 476 g/mol. The summed E-state index contributed by atoms with van der Waals surface area (Å²) in [4.78, 5) is 28.0. The number of carbonyl (C=O) groups excluding carboxylic acids is 1. The second-order valence-corrected chi connectivity index (χ2v) is 10.7. The summed E-state index contributed by atoms with van der Waals surface area (Å²) >= 11 is 0. The maximum absolute atomic E-state index is 13.5. The molecule has 198 valence electrons. The number of pyridine rings is 1. The van der Waals surface area contributed by atoms with Crippen LogP contribution in [0.25, 0.3) is 22.3 Å². The second-order valence-electron chi connectivity index (χ2n) is 10.7. The van der Waals surface area contributed by atoms with E-state index in [-0.39, 0.29) is 5.91 Å². The highest BCUT2D eigenvalue weighted by Gasteiger charge is 2.20. The van der Waals surface area contributed by atoms with Crippen LogP contribution in [0.3, 0.4) is 0 Å². The molecular formula is C29H36N8O. The predicted molar refractivity (Wildman–Crippen MR) is 151 cm³/mol. The normalized spacial score (nSPS) is 17.4. The number of nitrogens with one attached hydrogen (secondary N) is 1. The summed E-state index contributed by atoms with van der Waals surface area (Å²) in [6.45, 7) is 6.90. The molecule has 0 aliphatic carbocycles. The zero-order chi connectivity index (χ0) is 26.2. The molecule has 1 N–H and O–H groups in total. The summed E-state index contributed by atoms with van der Waals surface area (Å²) in [6, 6.07) is 10.2. The predicted octanol–water partition coefficient (Wildman–Crippen LogP) is 4.26. The minimum absolute atomic E-state index is 0.173. The van der Waals surface area contributed by atoms with Crippen molar-refractivity contribution in [3.8, 4) is 11.3 Å². The molecule has 0 radical (unpaired) electrons. The third-order valence-corrected chi connectivity index (χ3v) is 7.92. The Morgan fingerprint density at radius 1 is 0.895 bits per heavy atom. The van der Waals surface area contributed by atoms with Gasteiger partial charge >= 0.3 is 0 Å². The van der Waals surface area contributed by atoms with Gasteiger partial charge in [-0.1, -0.05) is 12.8 Å². The standard InChI is InChI=1S/C29H36N8O/c1-20-16-21-17-25(31-20)23-19-30-35(3)26(23)8-6-4-5-7-11-37-27-18-22(36-14-12-34(2)13-15-36)9-10-24(27)32-29(37)33-28(21)38/h9-10,16-19H,4-8,11-15H2,1-3H3,(H,32,33,38). The van der Waals surface area contributed by atoms with E-state index in [1.807, 2.05) is 37.0 Å². The molecule has 38 heavy (non-hydrogen) atoms. The van der Waals surface area contributed by atoms with Gasteiger partial charge in [-0.25, -0.2) is 4.98 Å². The molecule has 2 aliphatic heterocycles. The topological polar surface area (TPSA) is 84.1 Å². The monoisotopic (exact) mass is 512 g/mol. The first-order valence-corrected chi connectivity index (χ1v) is 13.7. The number of fused-ring (bicyclic) bond motifs is 7. The Bertz CT molecular complexity index is 1480. The van der Waals surface area contributed by atoms with Crippen molar-refractivity contribution < 1.29 is 4.79 Å². The number of hydrogen-bond acceptors (Lipinski definition) is 6. The van der Waals surface area contributed by atoms with Crippen LogP contribution in [0.2, 0.25) is 0 Å². The molecule has 5 heterocycles. The van der Waals surface area contributed by atoms with Crippen LogP contribution < -0.4 is 10.2 Å². The zero-order valence-corrected chi connectivity index (χ0v) is 22.6. The number of benzene rings is 1. The number of aromatic nitrogens is 5. The minimum atomic E-state index is -0.173. The fourth-order valence-electron chi connectivity index (χ4n) is 5.69. The number of hydrogen-bond donors (Lipinski definition) is 1. The lowest BCUT2D eigenvalue weighted by atomic mass is 10.0. The Balaban J connectivity index is 1.38. The number of aryl methyl sites for hydroxylation is 3. The van der Waals surface area contributed by atoms with E-state index in [2.05, 4.69) is 50.0 Å². The Morgan fingerprint density at radius 2 is 1.71 bits per heavy atom. The lowest BCUT2D eigenvalue weighted by Gasteiger charge is -2.34. The molecule has 0 spiro atoms. The van der Waals surface area contributed by atoms with Crippen molar-refractivity contribution in [1.29, 1.82) is 0 Å². The maximum Gasteiger partial charge on any atom is 0.258 e. The molecule has 2 aliphatic rings. The summed E-state index contributed by atoms with van der Waals surface area (Å²) < 4.78 is 4.14. The molecule has 9 heteroatoms. The van der Waals surface area contributed by atoms with Crippen LogP contribution in [0, 0.1) is 6.92 Å². The van der Waals surface area contributed by atoms with E-state index in [1.165, 1.54) is 11.4 Å². The quantitative estimate of drug-likeness (QED) is 0.410. The molecule has 0 unspecified atom stereocenters. The molecule has 1 aromatic carbocycles. The highest BCUT2D eigenvalue weighted by atomic mass is 16.1. The van der Waals surface area contributed by atoms with Crippen LogP contribution in [0.1, 0.15) is 47.4 Å². The van der Waals surface area contributed by atoms with Crippen molar-refractivity contribution in [2.75, 3.05) is 43.4 Å². The number of likely N-dealkylation sites (N-methyl/N-ethyl adjacent to an activating group) is 1. The van der Waals surface area contributed by atoms with E-state index in [1.54, 1.807) is 0 Å². The first-order valence-electron chi connectivity index (χ1n) is 13.7. The van der Waals surface area contributed by atoms with E-state index < -0.39 is 0 Å². The largest absolute Gasteiger partial charge is 0.369 e. The molecule has 3 aromatic heterocycles. The van der Waals surface area contributed by atoms with Crippen molar-refractivity contribution in [3.63, 3.8) is 0 Å². The number of anilines is 2. The van der Waals surface area contributed by atoms with Crippen molar-refractivity contribution in [1.82, 2.24) is 29.2 Å². The van der Waals surface area contributed by atoms with Crippen molar-refractivity contribution in [3.05, 3.63) is 53.5 Å². The summed E-state index contributed by atoms with van der Waals surface area (Å²) in [5.41, 5.74) is 7.54. The Morgan fingerprint density at radius 3 is 2.55 bits per heavy atom. The zero-order valence-electron chi connectivity index (χ0n) is 22.6. The van der Waals surface area contributed by atoms with Crippen molar-refractivity contribution in [2.24, 2.45) is 7.05 Å². The van der Waals surface area contributed by atoms with E-state index >= 15 is 0 Å². The molecule has 1 amide bonds. The highest BCUT2D eigenvalue weighted by molar-refractivity contribution is 6.05. The summed E-state index contributed by atoms with van der Waals surface area (Å²) in [7, 11) is 4.16. The molecule has 1 fully saturated rings. The van der Waals surface area contributed by atoms with Crippen LogP contribution >= 0.6 is 0 Å². The van der Waals surface area contributed by atoms with Crippen molar-refractivity contribution in [2.45, 2.75) is 45.6 Å². The second kappa shape index (κ2) is 10.2. The number of amides is 1. The lowest BCUT2D eigenvalue weighted by molar-refractivity contribution is 0.102. The van der Waals surface area contributed by atoms with E-state index in [9.17, 15) is 4.79 Å². The van der Waals surface area contributed by atoms with Crippen LogP contribution in [-0.4, -0.2) is 68.3 Å². The van der Waals surface area contributed by atoms with E-state index in [0.717, 1.165) is 92.8 Å². The fraction of sp³-hybridized carbons (Fsp3) is 0.448. The molecule has 2 bridgehead atoms. The number of imidazole rings is 1. The fourth-order valence-corrected chi connectivity index (χ4v) is 5.69. The molecule has 0 saturated carbocycles. The van der Waals surface area contributed by atoms with Crippen LogP contribution in [0.15, 0.2) is 36.5 Å². The van der Waals surface area contributed by atoms with Gasteiger partial charge in [0, 0.05) is 68.0 Å². The average molecular weight is 513 g/mol. The lowest BCUT2D eigenvalue weighted by Crippen LogP contribution is -2.44. The van der Waals surface area contributed by atoms with Gasteiger partial charge in [-0.15, -0.1) is 0 Å². The van der Waals surface area contributed by atoms with Gasteiger partial charge in [0.2, 0.25) is 5.95 Å². The Kier molecular flexibility index (Phi) is 6.61. The van der Waals surface area contributed by atoms with Gasteiger partial charge in [0.05, 0.1) is 22.9 Å². The van der Waals surface area contributed by atoms with Crippen LogP contribution in [-0.2, 0) is 20.0 Å². The minimum Gasteiger partial charge on any atom is -0.369 e. The van der Waals surface area contributed by atoms with Gasteiger partial charge in [-0.3, -0.25) is 19.8 Å². The number of nitrogens with zero attached hydrogens (tertiary/aromatic N) is 7. The van der Waals surface area contributed by atoms with Crippen molar-refractivity contribution >= 4 is 28.6 Å². The number of piperazine rings is 1. The average Bonchev–Trinajstić information content (AvgIpc) is 3.44. The Labute approximate surface area is 223 Å². The van der Waals surface area contributed by atoms with E-state index in [4.69, 9.17) is 9.97 Å². The number of carbonyl (C=O) groups is 1.